The van der Waals surface area contributed by atoms with Gasteiger partial charge in [0.1, 0.15) is 0 Å². The summed E-state index contributed by atoms with van der Waals surface area (Å²) in [6.45, 7) is 10.6. The van der Waals surface area contributed by atoms with E-state index in [1.54, 1.807) is 7.11 Å². The molecule has 0 spiro atoms. The van der Waals surface area contributed by atoms with E-state index in [0.29, 0.717) is 5.92 Å². The second-order valence-electron chi connectivity index (χ2n) is 5.58. The van der Waals surface area contributed by atoms with E-state index in [4.69, 9.17) is 14.5 Å². The van der Waals surface area contributed by atoms with E-state index in [1.807, 2.05) is 11.3 Å². The molecule has 1 aliphatic heterocycles. The molecule has 0 amide bonds. The molecule has 1 aromatic rings. The summed E-state index contributed by atoms with van der Waals surface area (Å²) in [6.07, 6.45) is 1.08. The lowest BCUT2D eigenvalue weighted by Gasteiger charge is -2.17. The number of hydrogen-bond donors (Lipinski definition) is 1. The van der Waals surface area contributed by atoms with Crippen LogP contribution in [0.1, 0.15) is 36.8 Å². The number of rotatable bonds is 7. The molecule has 6 heteroatoms. The zero-order chi connectivity index (χ0) is 15.1. The van der Waals surface area contributed by atoms with Gasteiger partial charge in [0.05, 0.1) is 18.9 Å². The number of methoxy groups -OCH3 is 1. The van der Waals surface area contributed by atoms with Crippen molar-refractivity contribution in [2.75, 3.05) is 51.5 Å². The maximum absolute atomic E-state index is 5.53. The molecule has 1 saturated heterocycles. The molecule has 1 N–H and O–H groups in total. The monoisotopic (exact) mass is 313 g/mol. The summed E-state index contributed by atoms with van der Waals surface area (Å²) in [7, 11) is 1.73. The summed E-state index contributed by atoms with van der Waals surface area (Å²) < 4.78 is 10.6. The Morgan fingerprint density at radius 2 is 2.24 bits per heavy atom. The molecule has 0 saturated carbocycles. The Bertz CT molecular complexity index is 415. The average Bonchev–Trinajstić information content (AvgIpc) is 2.70. The van der Waals surface area contributed by atoms with Gasteiger partial charge in [-0.05, 0) is 12.3 Å². The van der Waals surface area contributed by atoms with Crippen LogP contribution in [0, 0.1) is 0 Å². The van der Waals surface area contributed by atoms with E-state index in [1.165, 1.54) is 10.6 Å². The highest BCUT2D eigenvalue weighted by Crippen LogP contribution is 2.31. The van der Waals surface area contributed by atoms with Crippen LogP contribution in [0.5, 0.6) is 0 Å². The second-order valence-corrected chi connectivity index (χ2v) is 6.64. The minimum atomic E-state index is 0.456. The van der Waals surface area contributed by atoms with Gasteiger partial charge < -0.3 is 19.7 Å². The van der Waals surface area contributed by atoms with Gasteiger partial charge in [0.15, 0.2) is 5.13 Å². The van der Waals surface area contributed by atoms with E-state index in [9.17, 15) is 0 Å². The molecule has 0 aliphatic carbocycles. The molecule has 1 fully saturated rings. The summed E-state index contributed by atoms with van der Waals surface area (Å²) >= 11 is 1.82. The molecule has 120 valence electrons. The number of aromatic nitrogens is 1. The molecule has 1 aliphatic rings. The summed E-state index contributed by atoms with van der Waals surface area (Å²) in [5.74, 6) is 0.456. The minimum absolute atomic E-state index is 0.456. The SMILES string of the molecule is COCCNCc1sc(N2CCCOCC2)nc1C(C)C. The normalized spacial score (nSPS) is 16.5. The quantitative estimate of drug-likeness (QED) is 0.782. The van der Waals surface area contributed by atoms with Crippen LogP contribution in [-0.4, -0.2) is 51.5 Å². The van der Waals surface area contributed by atoms with E-state index >= 15 is 0 Å². The third kappa shape index (κ3) is 4.92. The lowest BCUT2D eigenvalue weighted by Crippen LogP contribution is -2.25. The fraction of sp³-hybridized carbons (Fsp3) is 0.800. The predicted molar refractivity (Wildman–Crippen MR) is 87.4 cm³/mol. The average molecular weight is 313 g/mol. The van der Waals surface area contributed by atoms with Gasteiger partial charge in [-0.1, -0.05) is 13.8 Å². The van der Waals surface area contributed by atoms with Crippen LogP contribution in [0.4, 0.5) is 5.13 Å². The highest BCUT2D eigenvalue weighted by atomic mass is 32.1. The molecular weight excluding hydrogens is 286 g/mol. The van der Waals surface area contributed by atoms with Crippen molar-refractivity contribution in [1.82, 2.24) is 10.3 Å². The summed E-state index contributed by atoms with van der Waals surface area (Å²) in [5.41, 5.74) is 1.23. The molecule has 1 aromatic heterocycles. The van der Waals surface area contributed by atoms with Gasteiger partial charge in [0, 0.05) is 44.8 Å². The minimum Gasteiger partial charge on any atom is -0.383 e. The molecule has 0 aromatic carbocycles. The molecule has 0 unspecified atom stereocenters. The predicted octanol–water partition coefficient (Wildman–Crippen LogP) is 2.23. The van der Waals surface area contributed by atoms with Crippen molar-refractivity contribution in [2.24, 2.45) is 0 Å². The van der Waals surface area contributed by atoms with Crippen molar-refractivity contribution in [1.29, 1.82) is 0 Å². The molecular formula is C15H27N3O2S. The van der Waals surface area contributed by atoms with Crippen molar-refractivity contribution in [2.45, 2.75) is 32.7 Å². The summed E-state index contributed by atoms with van der Waals surface area (Å²) in [6, 6.07) is 0. The van der Waals surface area contributed by atoms with Crippen molar-refractivity contribution in [3.8, 4) is 0 Å². The fourth-order valence-electron chi connectivity index (χ4n) is 2.38. The van der Waals surface area contributed by atoms with E-state index in [2.05, 4.69) is 24.1 Å². The lowest BCUT2D eigenvalue weighted by atomic mass is 10.1. The largest absolute Gasteiger partial charge is 0.383 e. The van der Waals surface area contributed by atoms with Crippen molar-refractivity contribution >= 4 is 16.5 Å². The maximum Gasteiger partial charge on any atom is 0.185 e. The number of nitrogens with one attached hydrogen (secondary N) is 1. The molecule has 0 radical (unpaired) electrons. The van der Waals surface area contributed by atoms with Crippen LogP contribution in [0.2, 0.25) is 0 Å². The highest BCUT2D eigenvalue weighted by Gasteiger charge is 2.19. The van der Waals surface area contributed by atoms with E-state index in [-0.39, 0.29) is 0 Å². The molecule has 2 rings (SSSR count). The smallest absolute Gasteiger partial charge is 0.185 e. The Hall–Kier alpha value is -0.690. The third-order valence-electron chi connectivity index (χ3n) is 3.52. The van der Waals surface area contributed by atoms with Gasteiger partial charge >= 0.3 is 0 Å². The van der Waals surface area contributed by atoms with Gasteiger partial charge in [-0.3, -0.25) is 0 Å². The summed E-state index contributed by atoms with van der Waals surface area (Å²) in [5, 5.41) is 4.57. The van der Waals surface area contributed by atoms with Gasteiger partial charge in [0.25, 0.3) is 0 Å². The molecule has 0 bridgehead atoms. The number of thiazole rings is 1. The van der Waals surface area contributed by atoms with Crippen LogP contribution in [0.3, 0.4) is 0 Å². The molecule has 0 atom stereocenters. The Balaban J connectivity index is 2.04. The van der Waals surface area contributed by atoms with Crippen LogP contribution in [0.25, 0.3) is 0 Å². The van der Waals surface area contributed by atoms with Gasteiger partial charge in [-0.2, -0.15) is 0 Å². The first-order chi connectivity index (χ1) is 10.2. The Morgan fingerprint density at radius 3 is 3.00 bits per heavy atom. The molecule has 2 heterocycles. The van der Waals surface area contributed by atoms with Gasteiger partial charge in [-0.25, -0.2) is 4.98 Å². The van der Waals surface area contributed by atoms with Gasteiger partial charge in [0.2, 0.25) is 0 Å². The van der Waals surface area contributed by atoms with E-state index < -0.39 is 0 Å². The third-order valence-corrected chi connectivity index (χ3v) is 4.66. The first-order valence-electron chi connectivity index (χ1n) is 7.74. The maximum atomic E-state index is 5.53. The van der Waals surface area contributed by atoms with Crippen molar-refractivity contribution in [3.05, 3.63) is 10.6 Å². The van der Waals surface area contributed by atoms with Crippen molar-refractivity contribution in [3.63, 3.8) is 0 Å². The Kier molecular flexibility index (Phi) is 6.89. The second kappa shape index (κ2) is 8.68. The van der Waals surface area contributed by atoms with E-state index in [0.717, 1.165) is 57.6 Å². The van der Waals surface area contributed by atoms with Crippen LogP contribution in [0.15, 0.2) is 0 Å². The highest BCUT2D eigenvalue weighted by molar-refractivity contribution is 7.15. The lowest BCUT2D eigenvalue weighted by molar-refractivity contribution is 0.152. The number of nitrogens with zero attached hydrogens (tertiary/aromatic N) is 2. The van der Waals surface area contributed by atoms with Crippen molar-refractivity contribution < 1.29 is 9.47 Å². The summed E-state index contributed by atoms with van der Waals surface area (Å²) in [4.78, 5) is 8.60. The topological polar surface area (TPSA) is 46.6 Å². The Labute approximate surface area is 131 Å². The van der Waals surface area contributed by atoms with Gasteiger partial charge in [-0.15, -0.1) is 11.3 Å². The van der Waals surface area contributed by atoms with Crippen LogP contribution >= 0.6 is 11.3 Å². The Morgan fingerprint density at radius 1 is 1.38 bits per heavy atom. The zero-order valence-corrected chi connectivity index (χ0v) is 14.2. The zero-order valence-electron chi connectivity index (χ0n) is 13.4. The first kappa shape index (κ1) is 16.7. The van der Waals surface area contributed by atoms with Crippen LogP contribution < -0.4 is 10.2 Å². The fourth-order valence-corrected chi connectivity index (χ4v) is 3.61. The number of hydrogen-bond acceptors (Lipinski definition) is 6. The molecule has 5 nitrogen and oxygen atoms in total. The molecule has 21 heavy (non-hydrogen) atoms. The number of anilines is 1. The standard InChI is InChI=1S/C15H27N3O2S/c1-12(2)14-13(11-16-5-9-19-3)21-15(17-14)18-6-4-8-20-10-7-18/h12,16H,4-11H2,1-3H3. The first-order valence-corrected chi connectivity index (χ1v) is 8.56. The van der Waals surface area contributed by atoms with Crippen LogP contribution in [-0.2, 0) is 16.0 Å². The number of ether oxygens (including phenoxy) is 2.